The molecule has 0 atom stereocenters. The minimum Gasteiger partial charge on any atom is -0.347 e. The van der Waals surface area contributed by atoms with Gasteiger partial charge in [0.05, 0.1) is 0 Å². The van der Waals surface area contributed by atoms with Gasteiger partial charge in [0, 0.05) is 24.5 Å². The fourth-order valence-electron chi connectivity index (χ4n) is 1.98. The maximum atomic E-state index is 11.9. The van der Waals surface area contributed by atoms with Crippen molar-refractivity contribution < 1.29 is 4.79 Å². The van der Waals surface area contributed by atoms with E-state index < -0.39 is 0 Å². The van der Waals surface area contributed by atoms with Crippen molar-refractivity contribution >= 4 is 16.8 Å². The molecule has 3 nitrogen and oxygen atoms in total. The maximum Gasteiger partial charge on any atom is 0.268 e. The van der Waals surface area contributed by atoms with Gasteiger partial charge in [0.2, 0.25) is 0 Å². The summed E-state index contributed by atoms with van der Waals surface area (Å²) in [6.07, 6.45) is 1.67. The molecule has 0 fully saturated rings. The van der Waals surface area contributed by atoms with Crippen LogP contribution in [0.15, 0.2) is 36.9 Å². The molecule has 1 aromatic carbocycles. The Bertz CT molecular complexity index is 581. The van der Waals surface area contributed by atoms with Gasteiger partial charge in [0.1, 0.15) is 5.69 Å². The molecule has 0 radical (unpaired) electrons. The van der Waals surface area contributed by atoms with Crippen LogP contribution >= 0.6 is 0 Å². The third-order valence-electron chi connectivity index (χ3n) is 2.94. The number of amides is 1. The van der Waals surface area contributed by atoms with Crippen LogP contribution in [0.3, 0.4) is 0 Å². The third kappa shape index (κ3) is 1.96. The van der Waals surface area contributed by atoms with E-state index in [2.05, 4.69) is 11.9 Å². The highest BCUT2D eigenvalue weighted by atomic mass is 16.1. The molecule has 0 saturated carbocycles. The van der Waals surface area contributed by atoms with Crippen LogP contribution in [-0.4, -0.2) is 17.0 Å². The first-order chi connectivity index (χ1) is 8.15. The average Bonchev–Trinajstić information content (AvgIpc) is 2.66. The van der Waals surface area contributed by atoms with Crippen molar-refractivity contribution in [2.24, 2.45) is 7.05 Å². The van der Waals surface area contributed by atoms with E-state index in [1.54, 1.807) is 6.08 Å². The molecule has 1 aromatic heterocycles. The maximum absolute atomic E-state index is 11.9. The number of nitrogens with one attached hydrogen (secondary N) is 1. The lowest BCUT2D eigenvalue weighted by Crippen LogP contribution is -2.25. The summed E-state index contributed by atoms with van der Waals surface area (Å²) in [4.78, 5) is 11.9. The Morgan fingerprint density at radius 3 is 2.94 bits per heavy atom. The smallest absolute Gasteiger partial charge is 0.268 e. The molecule has 3 heteroatoms. The summed E-state index contributed by atoms with van der Waals surface area (Å²) >= 11 is 0. The molecule has 2 rings (SSSR count). The zero-order valence-corrected chi connectivity index (χ0v) is 10.2. The van der Waals surface area contributed by atoms with E-state index in [4.69, 9.17) is 0 Å². The zero-order valence-electron chi connectivity index (χ0n) is 10.2. The number of benzene rings is 1. The van der Waals surface area contributed by atoms with Gasteiger partial charge in [0.15, 0.2) is 0 Å². The number of fused-ring (bicyclic) bond motifs is 1. The van der Waals surface area contributed by atoms with Gasteiger partial charge < -0.3 is 9.88 Å². The lowest BCUT2D eigenvalue weighted by Gasteiger charge is -2.04. The number of aryl methyl sites for hydroxylation is 2. The summed E-state index contributed by atoms with van der Waals surface area (Å²) in [5.41, 5.74) is 2.94. The van der Waals surface area contributed by atoms with E-state index >= 15 is 0 Å². The fraction of sp³-hybridized carbons (Fsp3) is 0.214. The number of carbonyl (C=O) groups is 1. The van der Waals surface area contributed by atoms with Crippen molar-refractivity contribution in [2.75, 3.05) is 6.54 Å². The lowest BCUT2D eigenvalue weighted by molar-refractivity contribution is 0.0950. The molecule has 0 aliphatic rings. The van der Waals surface area contributed by atoms with E-state index in [0.29, 0.717) is 12.2 Å². The lowest BCUT2D eigenvalue weighted by atomic mass is 10.1. The van der Waals surface area contributed by atoms with Crippen molar-refractivity contribution in [1.82, 2.24) is 9.88 Å². The fourth-order valence-corrected chi connectivity index (χ4v) is 1.98. The Balaban J connectivity index is 2.48. The summed E-state index contributed by atoms with van der Waals surface area (Å²) in [5.74, 6) is -0.0667. The van der Waals surface area contributed by atoms with Crippen LogP contribution in [0.5, 0.6) is 0 Å². The van der Waals surface area contributed by atoms with Crippen LogP contribution in [-0.2, 0) is 7.05 Å². The van der Waals surface area contributed by atoms with Gasteiger partial charge in [-0.05, 0) is 24.6 Å². The van der Waals surface area contributed by atoms with Crippen LogP contribution in [0, 0.1) is 6.92 Å². The third-order valence-corrected chi connectivity index (χ3v) is 2.94. The molecule has 1 N–H and O–H groups in total. The van der Waals surface area contributed by atoms with Gasteiger partial charge in [-0.15, -0.1) is 6.58 Å². The summed E-state index contributed by atoms with van der Waals surface area (Å²) in [6.45, 7) is 6.12. The minimum atomic E-state index is -0.0667. The van der Waals surface area contributed by atoms with Crippen molar-refractivity contribution in [3.8, 4) is 0 Å². The molecule has 0 bridgehead atoms. The predicted molar refractivity (Wildman–Crippen MR) is 70.2 cm³/mol. The first kappa shape index (κ1) is 11.5. The summed E-state index contributed by atoms with van der Waals surface area (Å²) < 4.78 is 1.92. The first-order valence-corrected chi connectivity index (χ1v) is 5.59. The van der Waals surface area contributed by atoms with Crippen LogP contribution in [0.2, 0.25) is 0 Å². The number of carbonyl (C=O) groups excluding carboxylic acids is 1. The summed E-state index contributed by atoms with van der Waals surface area (Å²) in [5, 5.41) is 3.92. The van der Waals surface area contributed by atoms with Crippen LogP contribution in [0.25, 0.3) is 10.9 Å². The molecule has 88 valence electrons. The van der Waals surface area contributed by atoms with E-state index in [0.717, 1.165) is 10.9 Å². The molecule has 0 saturated heterocycles. The molecular formula is C14H16N2O. The summed E-state index contributed by atoms with van der Waals surface area (Å²) in [7, 11) is 1.91. The van der Waals surface area contributed by atoms with Gasteiger partial charge in [0.25, 0.3) is 5.91 Å². The highest BCUT2D eigenvalue weighted by Gasteiger charge is 2.13. The number of aromatic nitrogens is 1. The number of nitrogens with zero attached hydrogens (tertiary/aromatic N) is 1. The molecule has 17 heavy (non-hydrogen) atoms. The second-order valence-electron chi connectivity index (χ2n) is 4.10. The second-order valence-corrected chi connectivity index (χ2v) is 4.10. The number of hydrogen-bond acceptors (Lipinski definition) is 1. The highest BCUT2D eigenvalue weighted by Crippen LogP contribution is 2.21. The summed E-state index contributed by atoms with van der Waals surface area (Å²) in [6, 6.07) is 8.01. The average molecular weight is 228 g/mol. The number of rotatable bonds is 3. The van der Waals surface area contributed by atoms with Gasteiger partial charge >= 0.3 is 0 Å². The SMILES string of the molecule is C=CCNC(=O)c1cc2c(C)cccc2n1C. The van der Waals surface area contributed by atoms with E-state index in [-0.39, 0.29) is 5.91 Å². The molecule has 0 unspecified atom stereocenters. The van der Waals surface area contributed by atoms with E-state index in [9.17, 15) is 4.79 Å². The molecule has 0 spiro atoms. The Kier molecular flexibility index (Phi) is 3.00. The monoisotopic (exact) mass is 228 g/mol. The highest BCUT2D eigenvalue weighted by molar-refractivity contribution is 5.99. The first-order valence-electron chi connectivity index (χ1n) is 5.59. The van der Waals surface area contributed by atoms with Crippen molar-refractivity contribution in [3.63, 3.8) is 0 Å². The Morgan fingerprint density at radius 1 is 1.53 bits per heavy atom. The standard InChI is InChI=1S/C14H16N2O/c1-4-8-15-14(17)13-9-11-10(2)6-5-7-12(11)16(13)3/h4-7,9H,1,8H2,2-3H3,(H,15,17). The van der Waals surface area contributed by atoms with Gasteiger partial charge in [-0.25, -0.2) is 0 Å². The largest absolute Gasteiger partial charge is 0.347 e. The van der Waals surface area contributed by atoms with Gasteiger partial charge in [-0.1, -0.05) is 18.2 Å². The van der Waals surface area contributed by atoms with Crippen LogP contribution in [0.1, 0.15) is 16.1 Å². The molecule has 1 heterocycles. The minimum absolute atomic E-state index is 0.0667. The Hall–Kier alpha value is -2.03. The normalized spacial score (nSPS) is 10.5. The topological polar surface area (TPSA) is 34.0 Å². The number of hydrogen-bond donors (Lipinski definition) is 1. The van der Waals surface area contributed by atoms with E-state index in [1.165, 1.54) is 5.56 Å². The van der Waals surface area contributed by atoms with Gasteiger partial charge in [-0.2, -0.15) is 0 Å². The molecule has 0 aliphatic carbocycles. The van der Waals surface area contributed by atoms with Crippen molar-refractivity contribution in [2.45, 2.75) is 6.92 Å². The molecule has 2 aromatic rings. The van der Waals surface area contributed by atoms with Crippen LogP contribution < -0.4 is 5.32 Å². The zero-order chi connectivity index (χ0) is 12.4. The van der Waals surface area contributed by atoms with E-state index in [1.807, 2.05) is 42.8 Å². The van der Waals surface area contributed by atoms with Crippen molar-refractivity contribution in [3.05, 3.63) is 48.2 Å². The Morgan fingerprint density at radius 2 is 2.29 bits per heavy atom. The second kappa shape index (κ2) is 4.45. The quantitative estimate of drug-likeness (QED) is 0.804. The molecular weight excluding hydrogens is 212 g/mol. The van der Waals surface area contributed by atoms with Crippen LogP contribution in [0.4, 0.5) is 0 Å². The van der Waals surface area contributed by atoms with Gasteiger partial charge in [-0.3, -0.25) is 4.79 Å². The predicted octanol–water partition coefficient (Wildman–Crippen LogP) is 2.40. The molecule has 1 amide bonds. The Labute approximate surface area is 101 Å². The van der Waals surface area contributed by atoms with Crippen molar-refractivity contribution in [1.29, 1.82) is 0 Å². The molecule has 0 aliphatic heterocycles.